The second kappa shape index (κ2) is 6.64. The molecule has 21 heavy (non-hydrogen) atoms. The zero-order chi connectivity index (χ0) is 15.5. The predicted octanol–water partition coefficient (Wildman–Crippen LogP) is 3.13. The molecular weight excluding hydrogens is 284 g/mol. The van der Waals surface area contributed by atoms with E-state index in [2.05, 4.69) is 43.2 Å². The van der Waals surface area contributed by atoms with Crippen molar-refractivity contribution < 1.29 is 4.79 Å². The van der Waals surface area contributed by atoms with Crippen molar-refractivity contribution in [2.24, 2.45) is 0 Å². The number of aromatic nitrogens is 2. The van der Waals surface area contributed by atoms with Crippen molar-refractivity contribution in [2.75, 3.05) is 23.4 Å². The van der Waals surface area contributed by atoms with Crippen molar-refractivity contribution in [3.05, 3.63) is 17.8 Å². The number of rotatable bonds is 1. The Balaban J connectivity index is 2.02. The van der Waals surface area contributed by atoms with Crippen molar-refractivity contribution in [3.63, 3.8) is 0 Å². The molecule has 0 radical (unpaired) electrons. The second-order valence-electron chi connectivity index (χ2n) is 6.43. The van der Waals surface area contributed by atoms with Crippen LogP contribution in [0.4, 0.5) is 10.6 Å². The summed E-state index contributed by atoms with van der Waals surface area (Å²) in [5, 5.41) is 11.2. The number of carbonyl (C=O) groups excluding carboxylic acids is 1. The number of amides is 2. The molecule has 1 aromatic heterocycles. The normalized spacial score (nSPS) is 20.0. The van der Waals surface area contributed by atoms with Gasteiger partial charge in [0, 0.05) is 23.8 Å². The fraction of sp³-hybridized carbons (Fsp3) is 0.667. The lowest BCUT2D eigenvalue weighted by Crippen LogP contribution is -2.42. The van der Waals surface area contributed by atoms with Crippen molar-refractivity contribution in [2.45, 2.75) is 45.6 Å². The summed E-state index contributed by atoms with van der Waals surface area (Å²) in [6, 6.07) is 3.93. The number of hydrogen-bond donors (Lipinski definition) is 1. The van der Waals surface area contributed by atoms with Crippen LogP contribution in [0.5, 0.6) is 0 Å². The molecule has 0 aromatic carbocycles. The molecule has 6 heteroatoms. The van der Waals surface area contributed by atoms with E-state index in [1.165, 1.54) is 0 Å². The van der Waals surface area contributed by atoms with E-state index < -0.39 is 0 Å². The van der Waals surface area contributed by atoms with Gasteiger partial charge in [-0.25, -0.2) is 4.79 Å². The minimum atomic E-state index is -0.0807. The van der Waals surface area contributed by atoms with Crippen LogP contribution in [0.2, 0.25) is 0 Å². The first-order valence-corrected chi connectivity index (χ1v) is 8.53. The number of thioether (sulfide) groups is 1. The van der Waals surface area contributed by atoms with E-state index in [0.29, 0.717) is 5.82 Å². The van der Waals surface area contributed by atoms with Gasteiger partial charge < -0.3 is 4.90 Å². The average Bonchev–Trinajstić information content (AvgIpc) is 2.63. The Morgan fingerprint density at radius 2 is 2.10 bits per heavy atom. The minimum Gasteiger partial charge on any atom is -0.321 e. The van der Waals surface area contributed by atoms with Crippen molar-refractivity contribution >= 4 is 23.6 Å². The van der Waals surface area contributed by atoms with E-state index >= 15 is 0 Å². The van der Waals surface area contributed by atoms with Gasteiger partial charge in [-0.1, -0.05) is 20.8 Å². The highest BCUT2D eigenvalue weighted by Crippen LogP contribution is 2.20. The molecule has 0 saturated carbocycles. The molecule has 2 amide bonds. The van der Waals surface area contributed by atoms with Crippen molar-refractivity contribution in [1.29, 1.82) is 0 Å². The van der Waals surface area contributed by atoms with Gasteiger partial charge in [-0.05, 0) is 31.2 Å². The van der Waals surface area contributed by atoms with E-state index in [0.717, 1.165) is 30.2 Å². The summed E-state index contributed by atoms with van der Waals surface area (Å²) >= 11 is 1.90. The van der Waals surface area contributed by atoms with E-state index in [1.807, 2.05) is 28.8 Å². The van der Waals surface area contributed by atoms with Crippen LogP contribution < -0.4 is 5.32 Å². The lowest BCUT2D eigenvalue weighted by Gasteiger charge is -2.26. The Kier molecular flexibility index (Phi) is 5.08. The molecule has 116 valence electrons. The van der Waals surface area contributed by atoms with Crippen LogP contribution >= 0.6 is 11.8 Å². The number of nitrogens with zero attached hydrogens (tertiary/aromatic N) is 3. The smallest absolute Gasteiger partial charge is 0.321 e. The summed E-state index contributed by atoms with van der Waals surface area (Å²) in [7, 11) is 0. The van der Waals surface area contributed by atoms with Gasteiger partial charge in [-0.2, -0.15) is 16.9 Å². The number of urea groups is 1. The van der Waals surface area contributed by atoms with Crippen LogP contribution in [-0.4, -0.2) is 45.2 Å². The molecule has 1 atom stereocenters. The Labute approximate surface area is 130 Å². The maximum atomic E-state index is 12.4. The van der Waals surface area contributed by atoms with Crippen LogP contribution in [0.15, 0.2) is 12.1 Å². The minimum absolute atomic E-state index is 0.0357. The second-order valence-corrected chi connectivity index (χ2v) is 7.65. The highest BCUT2D eigenvalue weighted by Gasteiger charge is 2.23. The van der Waals surface area contributed by atoms with Gasteiger partial charge in [0.1, 0.15) is 0 Å². The molecule has 1 fully saturated rings. The van der Waals surface area contributed by atoms with Crippen molar-refractivity contribution in [3.8, 4) is 0 Å². The van der Waals surface area contributed by atoms with Crippen LogP contribution in [0, 0.1) is 0 Å². The molecule has 0 aliphatic carbocycles. The fourth-order valence-corrected chi connectivity index (χ4v) is 3.21. The highest BCUT2D eigenvalue weighted by atomic mass is 32.2. The van der Waals surface area contributed by atoms with Crippen LogP contribution in [-0.2, 0) is 5.41 Å². The standard InChI is InChI=1S/C15H24N4OS/c1-11-7-9-21-10-8-19(11)14(20)16-13-6-5-12(17-18-13)15(2,3)4/h5-6,11H,7-10H2,1-4H3,(H,16,18,20). The zero-order valence-electron chi connectivity index (χ0n) is 13.2. The van der Waals surface area contributed by atoms with E-state index in [-0.39, 0.29) is 17.5 Å². The first-order valence-electron chi connectivity index (χ1n) is 7.37. The summed E-state index contributed by atoms with van der Waals surface area (Å²) in [6.07, 6.45) is 1.03. The molecule has 1 aromatic rings. The Morgan fingerprint density at radius 1 is 1.33 bits per heavy atom. The molecule has 1 saturated heterocycles. The maximum absolute atomic E-state index is 12.4. The first-order chi connectivity index (χ1) is 9.88. The fourth-order valence-electron chi connectivity index (χ4n) is 2.18. The summed E-state index contributed by atoms with van der Waals surface area (Å²) < 4.78 is 0. The molecule has 0 spiro atoms. The SMILES string of the molecule is CC1CCSCCN1C(=O)Nc1ccc(C(C)(C)C)nn1. The predicted molar refractivity (Wildman–Crippen MR) is 87.9 cm³/mol. The molecule has 5 nitrogen and oxygen atoms in total. The summed E-state index contributed by atoms with van der Waals surface area (Å²) in [6.45, 7) is 9.15. The summed E-state index contributed by atoms with van der Waals surface area (Å²) in [5.74, 6) is 2.62. The number of nitrogens with one attached hydrogen (secondary N) is 1. The molecule has 2 heterocycles. The van der Waals surface area contributed by atoms with Gasteiger partial charge in [-0.15, -0.1) is 5.10 Å². The van der Waals surface area contributed by atoms with Crippen LogP contribution in [0.25, 0.3) is 0 Å². The Hall–Kier alpha value is -1.30. The van der Waals surface area contributed by atoms with E-state index in [1.54, 1.807) is 0 Å². The number of carbonyl (C=O) groups is 1. The topological polar surface area (TPSA) is 58.1 Å². The number of anilines is 1. The molecule has 2 rings (SSSR count). The van der Waals surface area contributed by atoms with Gasteiger partial charge in [0.15, 0.2) is 5.82 Å². The van der Waals surface area contributed by atoms with Crippen LogP contribution in [0.3, 0.4) is 0 Å². The van der Waals surface area contributed by atoms with Gasteiger partial charge in [0.05, 0.1) is 5.69 Å². The summed E-state index contributed by atoms with van der Waals surface area (Å²) in [4.78, 5) is 14.2. The first kappa shape index (κ1) is 16.1. The monoisotopic (exact) mass is 308 g/mol. The molecule has 0 bridgehead atoms. The molecule has 1 N–H and O–H groups in total. The van der Waals surface area contributed by atoms with E-state index in [9.17, 15) is 4.79 Å². The lowest BCUT2D eigenvalue weighted by atomic mass is 9.92. The quantitative estimate of drug-likeness (QED) is 0.866. The maximum Gasteiger partial charge on any atom is 0.323 e. The molecular formula is C15H24N4OS. The van der Waals surface area contributed by atoms with Crippen molar-refractivity contribution in [1.82, 2.24) is 15.1 Å². The third-order valence-corrected chi connectivity index (χ3v) is 4.61. The Morgan fingerprint density at radius 3 is 2.71 bits per heavy atom. The zero-order valence-corrected chi connectivity index (χ0v) is 14.0. The van der Waals surface area contributed by atoms with Gasteiger partial charge in [-0.3, -0.25) is 5.32 Å². The third kappa shape index (κ3) is 4.33. The third-order valence-electron chi connectivity index (χ3n) is 3.62. The number of hydrogen-bond acceptors (Lipinski definition) is 4. The van der Waals surface area contributed by atoms with Gasteiger partial charge >= 0.3 is 6.03 Å². The van der Waals surface area contributed by atoms with Gasteiger partial charge in [0.2, 0.25) is 0 Å². The largest absolute Gasteiger partial charge is 0.323 e. The lowest BCUT2D eigenvalue weighted by molar-refractivity contribution is 0.197. The Bertz CT molecular complexity index is 483. The molecule has 1 unspecified atom stereocenters. The summed E-state index contributed by atoms with van der Waals surface area (Å²) in [5.41, 5.74) is 0.881. The van der Waals surface area contributed by atoms with Crippen LogP contribution in [0.1, 0.15) is 39.8 Å². The van der Waals surface area contributed by atoms with Gasteiger partial charge in [0.25, 0.3) is 0 Å². The molecule has 1 aliphatic rings. The molecule has 1 aliphatic heterocycles. The van der Waals surface area contributed by atoms with E-state index in [4.69, 9.17) is 0 Å². The highest BCUT2D eigenvalue weighted by molar-refractivity contribution is 7.99. The average molecular weight is 308 g/mol.